The van der Waals surface area contributed by atoms with Crippen LogP contribution in [0.15, 0.2) is 45.5 Å². The van der Waals surface area contributed by atoms with Crippen molar-refractivity contribution in [1.29, 1.82) is 0 Å². The number of nitrogens with zero attached hydrogens (tertiary/aromatic N) is 3. The van der Waals surface area contributed by atoms with E-state index in [1.165, 1.54) is 29.1 Å². The van der Waals surface area contributed by atoms with Crippen molar-refractivity contribution in [3.8, 4) is 0 Å². The van der Waals surface area contributed by atoms with E-state index in [0.717, 1.165) is 4.90 Å². The van der Waals surface area contributed by atoms with Gasteiger partial charge in [0.05, 0.1) is 11.8 Å². The molecule has 5 nitrogen and oxygen atoms in total. The lowest BCUT2D eigenvalue weighted by molar-refractivity contribution is 0.318. The van der Waals surface area contributed by atoms with E-state index in [-0.39, 0.29) is 5.84 Å². The summed E-state index contributed by atoms with van der Waals surface area (Å²) >= 11 is 1.44. The lowest BCUT2D eigenvalue weighted by atomic mass is 10.1. The van der Waals surface area contributed by atoms with E-state index >= 15 is 0 Å². The quantitative estimate of drug-likeness (QED) is 0.388. The highest BCUT2D eigenvalue weighted by atomic mass is 32.2. The molecule has 1 heterocycles. The third-order valence-electron chi connectivity index (χ3n) is 2.76. The van der Waals surface area contributed by atoms with Crippen LogP contribution in [0.4, 0.5) is 0 Å². The van der Waals surface area contributed by atoms with Gasteiger partial charge in [0.2, 0.25) is 0 Å². The van der Waals surface area contributed by atoms with Crippen molar-refractivity contribution < 1.29 is 5.21 Å². The Balaban J connectivity index is 2.35. The largest absolute Gasteiger partial charge is 0.409 e. The van der Waals surface area contributed by atoms with Crippen LogP contribution in [0.3, 0.4) is 0 Å². The van der Waals surface area contributed by atoms with Gasteiger partial charge in [-0.2, -0.15) is 5.10 Å². The van der Waals surface area contributed by atoms with Crippen molar-refractivity contribution in [3.63, 3.8) is 0 Å². The maximum atomic E-state index is 8.76. The molecule has 98 valence electrons. The second-order valence-corrected chi connectivity index (χ2v) is 5.15. The van der Waals surface area contributed by atoms with E-state index < -0.39 is 0 Å². The van der Waals surface area contributed by atoms with Crippen molar-refractivity contribution in [3.05, 3.63) is 47.2 Å². The fraction of sp³-hybridized carbons (Fsp3) is 0.154. The van der Waals surface area contributed by atoms with Gasteiger partial charge in [0.1, 0.15) is 5.03 Å². The predicted octanol–water partition coefficient (Wildman–Crippen LogP) is 2.34. The van der Waals surface area contributed by atoms with Crippen LogP contribution in [0.1, 0.15) is 16.7 Å². The molecule has 1 aromatic carbocycles. The maximum Gasteiger partial charge on any atom is 0.172 e. The number of aromatic nitrogens is 2. The Hall–Kier alpha value is -2.08. The van der Waals surface area contributed by atoms with E-state index in [2.05, 4.69) is 41.3 Å². The molecule has 0 radical (unpaired) electrons. The van der Waals surface area contributed by atoms with Gasteiger partial charge in [-0.15, -0.1) is 5.10 Å². The molecular weight excluding hydrogens is 260 g/mol. The highest BCUT2D eigenvalue weighted by Gasteiger charge is 2.10. The molecule has 1 aromatic heterocycles. The number of rotatable bonds is 3. The van der Waals surface area contributed by atoms with Crippen LogP contribution in [0.2, 0.25) is 0 Å². The molecule has 2 rings (SSSR count). The fourth-order valence-corrected chi connectivity index (χ4v) is 2.50. The molecule has 19 heavy (non-hydrogen) atoms. The van der Waals surface area contributed by atoms with Gasteiger partial charge in [-0.25, -0.2) is 0 Å². The zero-order valence-electron chi connectivity index (χ0n) is 10.7. The third-order valence-corrected chi connectivity index (χ3v) is 3.75. The molecule has 0 bridgehead atoms. The van der Waals surface area contributed by atoms with Crippen molar-refractivity contribution in [2.24, 2.45) is 10.9 Å². The SMILES string of the molecule is Cc1ccc(Sc2nnccc2/C(N)=N/O)cc1C. The Morgan fingerprint density at radius 2 is 2.05 bits per heavy atom. The number of oxime groups is 1. The molecule has 0 atom stereocenters. The van der Waals surface area contributed by atoms with Crippen LogP contribution < -0.4 is 5.73 Å². The maximum absolute atomic E-state index is 8.76. The summed E-state index contributed by atoms with van der Waals surface area (Å²) in [6.45, 7) is 4.12. The molecule has 0 aliphatic rings. The predicted molar refractivity (Wildman–Crippen MR) is 74.6 cm³/mol. The Labute approximate surface area is 115 Å². The van der Waals surface area contributed by atoms with Crippen molar-refractivity contribution in [2.75, 3.05) is 0 Å². The minimum absolute atomic E-state index is 0.0289. The van der Waals surface area contributed by atoms with Gasteiger partial charge in [-0.3, -0.25) is 0 Å². The summed E-state index contributed by atoms with van der Waals surface area (Å²) < 4.78 is 0. The molecule has 0 fully saturated rings. The molecule has 6 heteroatoms. The monoisotopic (exact) mass is 274 g/mol. The first-order chi connectivity index (χ1) is 9.11. The van der Waals surface area contributed by atoms with Crippen LogP contribution in [0, 0.1) is 13.8 Å². The molecule has 0 spiro atoms. The topological polar surface area (TPSA) is 84.4 Å². The van der Waals surface area contributed by atoms with Gasteiger partial charge in [-0.05, 0) is 43.2 Å². The van der Waals surface area contributed by atoms with E-state index in [9.17, 15) is 0 Å². The second kappa shape index (κ2) is 5.71. The molecule has 0 aliphatic carbocycles. The molecular formula is C13H14N4OS. The van der Waals surface area contributed by atoms with E-state index in [1.54, 1.807) is 6.07 Å². The first kappa shape index (κ1) is 13.4. The normalized spacial score (nSPS) is 11.6. The van der Waals surface area contributed by atoms with Crippen molar-refractivity contribution >= 4 is 17.6 Å². The first-order valence-electron chi connectivity index (χ1n) is 5.66. The van der Waals surface area contributed by atoms with Crippen molar-refractivity contribution in [2.45, 2.75) is 23.8 Å². The van der Waals surface area contributed by atoms with Crippen LogP contribution in [-0.4, -0.2) is 21.2 Å². The van der Waals surface area contributed by atoms with Crippen molar-refractivity contribution in [1.82, 2.24) is 10.2 Å². The smallest absolute Gasteiger partial charge is 0.172 e. The minimum Gasteiger partial charge on any atom is -0.409 e. The summed E-state index contributed by atoms with van der Waals surface area (Å²) in [7, 11) is 0. The molecule has 3 N–H and O–H groups in total. The number of nitrogens with two attached hydrogens (primary N) is 1. The molecule has 0 unspecified atom stereocenters. The zero-order valence-corrected chi connectivity index (χ0v) is 11.5. The lowest BCUT2D eigenvalue weighted by Gasteiger charge is -2.07. The van der Waals surface area contributed by atoms with Gasteiger partial charge in [-0.1, -0.05) is 23.0 Å². The number of benzene rings is 1. The van der Waals surface area contributed by atoms with E-state index in [1.807, 2.05) is 6.07 Å². The summed E-state index contributed by atoms with van der Waals surface area (Å²) in [5.74, 6) is 0.0289. The average Bonchev–Trinajstić information content (AvgIpc) is 2.43. The first-order valence-corrected chi connectivity index (χ1v) is 6.48. The van der Waals surface area contributed by atoms with Crippen LogP contribution in [-0.2, 0) is 0 Å². The van der Waals surface area contributed by atoms with E-state index in [4.69, 9.17) is 10.9 Å². The van der Waals surface area contributed by atoms with Gasteiger partial charge in [0, 0.05) is 4.90 Å². The summed E-state index contributed by atoms with van der Waals surface area (Å²) in [5.41, 5.74) is 8.64. The van der Waals surface area contributed by atoms with Crippen LogP contribution >= 0.6 is 11.8 Å². The number of hydrogen-bond donors (Lipinski definition) is 2. The summed E-state index contributed by atoms with van der Waals surface area (Å²) in [6, 6.07) is 7.81. The third kappa shape index (κ3) is 3.03. The number of amidine groups is 1. The van der Waals surface area contributed by atoms with Crippen LogP contribution in [0.5, 0.6) is 0 Å². The second-order valence-electron chi connectivity index (χ2n) is 4.08. The van der Waals surface area contributed by atoms with Gasteiger partial charge in [0.25, 0.3) is 0 Å². The summed E-state index contributed by atoms with van der Waals surface area (Å²) in [6.07, 6.45) is 1.51. The Morgan fingerprint density at radius 1 is 1.26 bits per heavy atom. The molecule has 2 aromatic rings. The number of aryl methyl sites for hydroxylation is 2. The minimum atomic E-state index is 0.0289. The summed E-state index contributed by atoms with van der Waals surface area (Å²) in [5, 5.41) is 20.3. The fourth-order valence-electron chi connectivity index (χ4n) is 1.53. The molecule has 0 amide bonds. The Morgan fingerprint density at radius 3 is 2.74 bits per heavy atom. The Kier molecular flexibility index (Phi) is 4.01. The van der Waals surface area contributed by atoms with E-state index in [0.29, 0.717) is 10.6 Å². The van der Waals surface area contributed by atoms with Crippen LogP contribution in [0.25, 0.3) is 0 Å². The standard InChI is InChI=1S/C13H14N4OS/c1-8-3-4-10(7-9(8)2)19-13-11(12(14)17-18)5-6-15-16-13/h3-7,18H,1-2H3,(H2,14,17). The zero-order chi connectivity index (χ0) is 13.8. The number of hydrogen-bond acceptors (Lipinski definition) is 5. The van der Waals surface area contributed by atoms with Gasteiger partial charge in [0.15, 0.2) is 5.84 Å². The molecule has 0 saturated carbocycles. The highest BCUT2D eigenvalue weighted by Crippen LogP contribution is 2.29. The summed E-state index contributed by atoms with van der Waals surface area (Å²) in [4.78, 5) is 1.04. The van der Waals surface area contributed by atoms with Gasteiger partial charge < -0.3 is 10.9 Å². The average molecular weight is 274 g/mol. The Bertz CT molecular complexity index is 628. The molecule has 0 aliphatic heterocycles. The highest BCUT2D eigenvalue weighted by molar-refractivity contribution is 7.99. The lowest BCUT2D eigenvalue weighted by Crippen LogP contribution is -2.15. The molecule has 0 saturated heterocycles. The van der Waals surface area contributed by atoms with Gasteiger partial charge >= 0.3 is 0 Å².